The summed E-state index contributed by atoms with van der Waals surface area (Å²) in [6, 6.07) is 13.6. The molecule has 1 saturated heterocycles. The molecule has 1 amide bonds. The Morgan fingerprint density at radius 2 is 1.93 bits per heavy atom. The van der Waals surface area contributed by atoms with Crippen LogP contribution in [0.3, 0.4) is 0 Å². The lowest BCUT2D eigenvalue weighted by Gasteiger charge is -2.37. The number of carbonyl (C=O) groups excluding carboxylic acids is 1. The Hall–Kier alpha value is -2.15. The molecule has 0 spiro atoms. The molecule has 1 atom stereocenters. The first kappa shape index (κ1) is 19.2. The number of ether oxygens (including phenoxy) is 1. The van der Waals surface area contributed by atoms with Crippen LogP contribution < -0.4 is 4.74 Å². The first-order valence-electron chi connectivity index (χ1n) is 9.29. The Morgan fingerprint density at radius 1 is 1.18 bits per heavy atom. The first-order chi connectivity index (χ1) is 13.6. The zero-order valence-electron chi connectivity index (χ0n) is 15.9. The van der Waals surface area contributed by atoms with E-state index in [1.54, 1.807) is 36.6 Å². The molecule has 7 heteroatoms. The van der Waals surface area contributed by atoms with E-state index < -0.39 is 0 Å². The molecule has 1 fully saturated rings. The summed E-state index contributed by atoms with van der Waals surface area (Å²) in [6.45, 7) is 5.15. The second-order valence-electron chi connectivity index (χ2n) is 6.87. The summed E-state index contributed by atoms with van der Waals surface area (Å²) in [4.78, 5) is 22.0. The number of piperazine rings is 1. The molecule has 0 radical (unpaired) electrons. The number of hydrogen-bond donors (Lipinski definition) is 0. The molecule has 4 rings (SSSR count). The second kappa shape index (κ2) is 8.07. The van der Waals surface area contributed by atoms with Crippen LogP contribution in [0, 0.1) is 0 Å². The van der Waals surface area contributed by atoms with E-state index in [-0.39, 0.29) is 11.9 Å². The Morgan fingerprint density at radius 3 is 2.64 bits per heavy atom. The zero-order valence-corrected chi connectivity index (χ0v) is 17.5. The molecule has 146 valence electrons. The molecular formula is C21H22ClN3O2S. The molecular weight excluding hydrogens is 394 g/mol. The average molecular weight is 416 g/mol. The van der Waals surface area contributed by atoms with Gasteiger partial charge in [-0.05, 0) is 37.3 Å². The van der Waals surface area contributed by atoms with E-state index in [0.29, 0.717) is 29.4 Å². The number of para-hydroxylation sites is 1. The number of aromatic nitrogens is 1. The highest BCUT2D eigenvalue weighted by Crippen LogP contribution is 2.30. The minimum Gasteiger partial charge on any atom is -0.496 e. The van der Waals surface area contributed by atoms with Crippen LogP contribution in [0.5, 0.6) is 5.75 Å². The molecule has 3 aromatic rings. The maximum Gasteiger partial charge on any atom is 0.257 e. The van der Waals surface area contributed by atoms with Gasteiger partial charge in [0.2, 0.25) is 0 Å². The van der Waals surface area contributed by atoms with Crippen molar-refractivity contribution in [1.29, 1.82) is 0 Å². The maximum atomic E-state index is 13.0. The van der Waals surface area contributed by atoms with Gasteiger partial charge in [0.1, 0.15) is 10.8 Å². The fourth-order valence-electron chi connectivity index (χ4n) is 3.55. The number of nitrogens with zero attached hydrogens (tertiary/aromatic N) is 3. The molecule has 1 aliphatic heterocycles. The van der Waals surface area contributed by atoms with E-state index in [1.807, 2.05) is 17.0 Å². The quantitative estimate of drug-likeness (QED) is 0.630. The van der Waals surface area contributed by atoms with Crippen molar-refractivity contribution in [3.63, 3.8) is 0 Å². The summed E-state index contributed by atoms with van der Waals surface area (Å²) in [5.41, 5.74) is 1.57. The molecule has 0 bridgehead atoms. The van der Waals surface area contributed by atoms with Crippen molar-refractivity contribution in [3.8, 4) is 5.75 Å². The highest BCUT2D eigenvalue weighted by molar-refractivity contribution is 7.18. The molecule has 1 unspecified atom stereocenters. The predicted octanol–water partition coefficient (Wildman–Crippen LogP) is 4.48. The normalized spacial score (nSPS) is 16.3. The third-order valence-corrected chi connectivity index (χ3v) is 6.65. The van der Waals surface area contributed by atoms with Gasteiger partial charge in [0.25, 0.3) is 5.91 Å². The van der Waals surface area contributed by atoms with Crippen molar-refractivity contribution in [2.24, 2.45) is 0 Å². The topological polar surface area (TPSA) is 45.7 Å². The summed E-state index contributed by atoms with van der Waals surface area (Å²) in [6.07, 6.45) is 0. The van der Waals surface area contributed by atoms with E-state index in [9.17, 15) is 4.79 Å². The van der Waals surface area contributed by atoms with Crippen molar-refractivity contribution in [3.05, 3.63) is 58.1 Å². The van der Waals surface area contributed by atoms with Crippen LogP contribution in [0.4, 0.5) is 0 Å². The molecule has 1 aromatic heterocycles. The van der Waals surface area contributed by atoms with Gasteiger partial charge < -0.3 is 9.64 Å². The largest absolute Gasteiger partial charge is 0.496 e. The standard InChI is InChI=1S/C21H22ClN3O2S/c1-14(20-23-17-5-3-4-6-19(17)28-20)24-9-11-25(12-10-24)21(26)16-13-15(22)7-8-18(16)27-2/h3-8,13-14H,9-12H2,1-2H3. The van der Waals surface area contributed by atoms with Gasteiger partial charge >= 0.3 is 0 Å². The van der Waals surface area contributed by atoms with Crippen molar-refractivity contribution < 1.29 is 9.53 Å². The van der Waals surface area contributed by atoms with Gasteiger partial charge in [-0.3, -0.25) is 9.69 Å². The summed E-state index contributed by atoms with van der Waals surface area (Å²) in [5.74, 6) is 0.520. The van der Waals surface area contributed by atoms with Crippen molar-refractivity contribution >= 4 is 39.1 Å². The Bertz CT molecular complexity index is 965. The summed E-state index contributed by atoms with van der Waals surface area (Å²) < 4.78 is 6.55. The van der Waals surface area contributed by atoms with Gasteiger partial charge in [0.05, 0.1) is 28.9 Å². The molecule has 5 nitrogen and oxygen atoms in total. The number of rotatable bonds is 4. The fourth-order valence-corrected chi connectivity index (χ4v) is 4.78. The van der Waals surface area contributed by atoms with E-state index in [2.05, 4.69) is 24.0 Å². The Kier molecular flexibility index (Phi) is 5.53. The van der Waals surface area contributed by atoms with Crippen LogP contribution >= 0.6 is 22.9 Å². The molecule has 2 heterocycles. The van der Waals surface area contributed by atoms with E-state index in [4.69, 9.17) is 21.3 Å². The summed E-state index contributed by atoms with van der Waals surface area (Å²) in [7, 11) is 1.57. The lowest BCUT2D eigenvalue weighted by molar-refractivity contribution is 0.0579. The Labute approximate surface area is 173 Å². The number of methoxy groups -OCH3 is 1. The van der Waals surface area contributed by atoms with Gasteiger partial charge in [-0.15, -0.1) is 11.3 Å². The van der Waals surface area contributed by atoms with Crippen molar-refractivity contribution in [2.45, 2.75) is 13.0 Å². The number of carbonyl (C=O) groups is 1. The third kappa shape index (κ3) is 3.72. The van der Waals surface area contributed by atoms with Crippen LogP contribution in [-0.4, -0.2) is 54.0 Å². The monoisotopic (exact) mass is 415 g/mol. The van der Waals surface area contributed by atoms with Gasteiger partial charge in [-0.1, -0.05) is 23.7 Å². The highest BCUT2D eigenvalue weighted by Gasteiger charge is 2.28. The smallest absolute Gasteiger partial charge is 0.257 e. The minimum atomic E-state index is -0.0355. The number of halogens is 1. The van der Waals surface area contributed by atoms with E-state index >= 15 is 0 Å². The van der Waals surface area contributed by atoms with Gasteiger partial charge in [0.15, 0.2) is 0 Å². The number of fused-ring (bicyclic) bond motifs is 1. The number of benzene rings is 2. The Balaban J connectivity index is 1.44. The zero-order chi connectivity index (χ0) is 19.7. The van der Waals surface area contributed by atoms with Crippen LogP contribution in [0.1, 0.15) is 28.3 Å². The lowest BCUT2D eigenvalue weighted by Crippen LogP contribution is -2.49. The average Bonchev–Trinajstić information content (AvgIpc) is 3.17. The van der Waals surface area contributed by atoms with Gasteiger partial charge in [-0.2, -0.15) is 0 Å². The molecule has 2 aromatic carbocycles. The maximum absolute atomic E-state index is 13.0. The van der Waals surface area contributed by atoms with Gasteiger partial charge in [-0.25, -0.2) is 4.98 Å². The highest BCUT2D eigenvalue weighted by atomic mass is 35.5. The lowest BCUT2D eigenvalue weighted by atomic mass is 10.1. The number of hydrogen-bond acceptors (Lipinski definition) is 5. The van der Waals surface area contributed by atoms with Crippen LogP contribution in [-0.2, 0) is 0 Å². The van der Waals surface area contributed by atoms with Gasteiger partial charge in [0, 0.05) is 31.2 Å². The minimum absolute atomic E-state index is 0.0355. The van der Waals surface area contributed by atoms with E-state index in [1.165, 1.54) is 4.70 Å². The molecule has 0 aliphatic carbocycles. The molecule has 28 heavy (non-hydrogen) atoms. The summed E-state index contributed by atoms with van der Waals surface area (Å²) in [5, 5.41) is 1.66. The van der Waals surface area contributed by atoms with Crippen molar-refractivity contribution in [1.82, 2.24) is 14.8 Å². The molecule has 1 aliphatic rings. The van der Waals surface area contributed by atoms with Crippen LogP contribution in [0.15, 0.2) is 42.5 Å². The first-order valence-corrected chi connectivity index (χ1v) is 10.5. The van der Waals surface area contributed by atoms with Crippen LogP contribution in [0.25, 0.3) is 10.2 Å². The number of amides is 1. The SMILES string of the molecule is COc1ccc(Cl)cc1C(=O)N1CCN(C(C)c2nc3ccccc3s2)CC1. The summed E-state index contributed by atoms with van der Waals surface area (Å²) >= 11 is 7.83. The van der Waals surface area contributed by atoms with Crippen LogP contribution in [0.2, 0.25) is 5.02 Å². The molecule has 0 N–H and O–H groups in total. The number of thiazole rings is 1. The van der Waals surface area contributed by atoms with Crippen molar-refractivity contribution in [2.75, 3.05) is 33.3 Å². The third-order valence-electron chi connectivity index (χ3n) is 5.21. The van der Waals surface area contributed by atoms with E-state index in [0.717, 1.165) is 23.6 Å². The molecule has 0 saturated carbocycles. The second-order valence-corrected chi connectivity index (χ2v) is 8.37. The fraction of sp³-hybridized carbons (Fsp3) is 0.333. The predicted molar refractivity (Wildman–Crippen MR) is 114 cm³/mol.